The number of nitrogens with zero attached hydrogens (tertiary/aromatic N) is 5. The van der Waals surface area contributed by atoms with Crippen molar-refractivity contribution in [2.24, 2.45) is 0 Å². The fourth-order valence-electron chi connectivity index (χ4n) is 6.02. The van der Waals surface area contributed by atoms with Gasteiger partial charge in [0.05, 0.1) is 42.9 Å². The molecule has 2 heterocycles. The monoisotopic (exact) mass is 683 g/mol. The van der Waals surface area contributed by atoms with Gasteiger partial charge in [0.15, 0.2) is 0 Å². The Morgan fingerprint density at radius 1 is 0.938 bits per heavy atom. The van der Waals surface area contributed by atoms with E-state index >= 15 is 0 Å². The van der Waals surface area contributed by atoms with Crippen LogP contribution in [0.25, 0.3) is 10.9 Å². The summed E-state index contributed by atoms with van der Waals surface area (Å²) < 4.78 is 36.3. The van der Waals surface area contributed by atoms with Gasteiger partial charge < -0.3 is 14.4 Å². The Morgan fingerprint density at radius 2 is 1.60 bits per heavy atom. The topological polar surface area (TPSA) is 120 Å². The van der Waals surface area contributed by atoms with Gasteiger partial charge in [0.2, 0.25) is 10.0 Å². The van der Waals surface area contributed by atoms with Crippen LogP contribution in [0.3, 0.4) is 0 Å². The number of halogens is 1. The van der Waals surface area contributed by atoms with Crippen LogP contribution >= 0.6 is 11.6 Å². The van der Waals surface area contributed by atoms with Gasteiger partial charge in [-0.2, -0.15) is 4.41 Å². The number of benzene rings is 4. The summed E-state index contributed by atoms with van der Waals surface area (Å²) in [4.78, 5) is 12.6. The molecular weight excluding hydrogens is 650 g/mol. The predicted molar refractivity (Wildman–Crippen MR) is 186 cm³/mol. The summed E-state index contributed by atoms with van der Waals surface area (Å²) in [6.45, 7) is 1.99. The summed E-state index contributed by atoms with van der Waals surface area (Å²) in [6, 6.07) is 32.2. The quantitative estimate of drug-likeness (QED) is 0.142. The van der Waals surface area contributed by atoms with Crippen molar-refractivity contribution in [1.82, 2.24) is 19.7 Å². The van der Waals surface area contributed by atoms with Crippen molar-refractivity contribution in [3.63, 3.8) is 0 Å². The molecule has 0 atom stereocenters. The van der Waals surface area contributed by atoms with Crippen LogP contribution in [0.5, 0.6) is 5.75 Å². The number of fused-ring (bicyclic) bond motifs is 1. The van der Waals surface area contributed by atoms with Crippen LogP contribution in [-0.4, -0.2) is 58.1 Å². The molecular formula is C36H34ClN5O5S. The SMILES string of the molecule is CCS(=O)(=O)N(CCc1c(CCOc2ccc(C(=O)O)cc2)c2cc(Cl)ccc2n1C(c1ccccc1)c1ccccc1)n1ccnn1. The molecule has 0 fully saturated rings. The van der Waals surface area contributed by atoms with Gasteiger partial charge in [0.25, 0.3) is 0 Å². The van der Waals surface area contributed by atoms with Crippen LogP contribution in [0.2, 0.25) is 5.02 Å². The Balaban J connectivity index is 1.49. The van der Waals surface area contributed by atoms with E-state index in [1.54, 1.807) is 19.1 Å². The molecule has 0 bridgehead atoms. The molecule has 246 valence electrons. The Kier molecular flexibility index (Phi) is 9.79. The molecule has 0 unspecified atom stereocenters. The van der Waals surface area contributed by atoms with Crippen molar-refractivity contribution in [2.75, 3.05) is 23.3 Å². The molecule has 0 saturated carbocycles. The third-order valence-electron chi connectivity index (χ3n) is 8.26. The van der Waals surface area contributed by atoms with E-state index in [1.807, 2.05) is 54.6 Å². The van der Waals surface area contributed by atoms with Gasteiger partial charge in [0.1, 0.15) is 5.75 Å². The summed E-state index contributed by atoms with van der Waals surface area (Å²) in [5, 5.41) is 18.6. The first-order valence-electron chi connectivity index (χ1n) is 15.5. The van der Waals surface area contributed by atoms with Gasteiger partial charge >= 0.3 is 5.97 Å². The maximum atomic E-state index is 13.3. The van der Waals surface area contributed by atoms with E-state index in [0.29, 0.717) is 23.6 Å². The number of sulfonamides is 1. The average molecular weight is 684 g/mol. The fourth-order valence-corrected chi connectivity index (χ4v) is 7.20. The molecule has 0 amide bonds. The minimum Gasteiger partial charge on any atom is -0.493 e. The lowest BCUT2D eigenvalue weighted by atomic mass is 9.97. The van der Waals surface area contributed by atoms with E-state index in [-0.39, 0.29) is 30.5 Å². The zero-order chi connectivity index (χ0) is 33.7. The second-order valence-corrected chi connectivity index (χ2v) is 13.7. The van der Waals surface area contributed by atoms with Crippen LogP contribution in [0.15, 0.2) is 116 Å². The normalized spacial score (nSPS) is 11.6. The Morgan fingerprint density at radius 3 is 2.19 bits per heavy atom. The van der Waals surface area contributed by atoms with Gasteiger partial charge in [0, 0.05) is 34.5 Å². The molecule has 0 aliphatic carbocycles. The maximum absolute atomic E-state index is 13.3. The average Bonchev–Trinajstić information content (AvgIpc) is 3.73. The van der Waals surface area contributed by atoms with E-state index in [2.05, 4.69) is 39.1 Å². The van der Waals surface area contributed by atoms with Crippen LogP contribution in [0, 0.1) is 0 Å². The van der Waals surface area contributed by atoms with Crippen LogP contribution in [0.1, 0.15) is 45.7 Å². The molecule has 10 nitrogen and oxygen atoms in total. The van der Waals surface area contributed by atoms with Crippen molar-refractivity contribution < 1.29 is 23.1 Å². The molecule has 6 aromatic rings. The third kappa shape index (κ3) is 6.92. The van der Waals surface area contributed by atoms with Crippen molar-refractivity contribution in [1.29, 1.82) is 0 Å². The van der Waals surface area contributed by atoms with Gasteiger partial charge in [-0.15, -0.1) is 9.89 Å². The molecule has 12 heteroatoms. The summed E-state index contributed by atoms with van der Waals surface area (Å²) in [7, 11) is -3.71. The highest BCUT2D eigenvalue weighted by Crippen LogP contribution is 2.38. The third-order valence-corrected chi connectivity index (χ3v) is 10.2. The van der Waals surface area contributed by atoms with Gasteiger partial charge in [-0.1, -0.05) is 72.3 Å². The van der Waals surface area contributed by atoms with Gasteiger partial charge in [-0.25, -0.2) is 13.2 Å². The van der Waals surface area contributed by atoms with Gasteiger partial charge in [-0.05, 0) is 71.3 Å². The lowest BCUT2D eigenvalue weighted by Gasteiger charge is -2.27. The number of carbonyl (C=O) groups is 1. The summed E-state index contributed by atoms with van der Waals surface area (Å²) in [6.07, 6.45) is 3.78. The number of rotatable bonds is 14. The zero-order valence-electron chi connectivity index (χ0n) is 26.2. The summed E-state index contributed by atoms with van der Waals surface area (Å²) >= 11 is 6.62. The van der Waals surface area contributed by atoms with E-state index in [9.17, 15) is 18.3 Å². The lowest BCUT2D eigenvalue weighted by Crippen LogP contribution is -2.43. The number of hydrogen-bond acceptors (Lipinski definition) is 6. The molecule has 0 aliphatic rings. The first kappa shape index (κ1) is 32.8. The maximum Gasteiger partial charge on any atom is 0.335 e. The molecule has 1 N–H and O–H groups in total. The Labute approximate surface area is 283 Å². The highest BCUT2D eigenvalue weighted by atomic mass is 35.5. The molecule has 0 saturated heterocycles. The summed E-state index contributed by atoms with van der Waals surface area (Å²) in [5.74, 6) is -0.572. The smallest absolute Gasteiger partial charge is 0.335 e. The number of carboxylic acids is 1. The largest absolute Gasteiger partial charge is 0.493 e. The molecule has 48 heavy (non-hydrogen) atoms. The second kappa shape index (κ2) is 14.3. The van der Waals surface area contributed by atoms with E-state index in [1.165, 1.54) is 33.7 Å². The number of hydrogen-bond donors (Lipinski definition) is 1. The van der Waals surface area contributed by atoms with Crippen molar-refractivity contribution in [3.05, 3.63) is 148 Å². The highest BCUT2D eigenvalue weighted by molar-refractivity contribution is 7.92. The second-order valence-electron chi connectivity index (χ2n) is 11.1. The lowest BCUT2D eigenvalue weighted by molar-refractivity contribution is 0.0697. The molecule has 0 spiro atoms. The predicted octanol–water partition coefficient (Wildman–Crippen LogP) is 6.37. The van der Waals surface area contributed by atoms with E-state index < -0.39 is 16.0 Å². The first-order valence-corrected chi connectivity index (χ1v) is 17.5. The molecule has 2 aromatic heterocycles. The molecule has 6 rings (SSSR count). The van der Waals surface area contributed by atoms with Crippen molar-refractivity contribution >= 4 is 38.5 Å². The van der Waals surface area contributed by atoms with Crippen LogP contribution in [0.4, 0.5) is 0 Å². The first-order chi connectivity index (χ1) is 23.3. The van der Waals surface area contributed by atoms with E-state index in [0.717, 1.165) is 33.3 Å². The van der Waals surface area contributed by atoms with E-state index in [4.69, 9.17) is 16.3 Å². The Bertz CT molecular complexity index is 2060. The molecule has 0 aliphatic heterocycles. The van der Waals surface area contributed by atoms with Crippen LogP contribution < -0.4 is 9.15 Å². The number of carboxylic acid groups (broad SMARTS) is 1. The zero-order valence-corrected chi connectivity index (χ0v) is 27.8. The van der Waals surface area contributed by atoms with Gasteiger partial charge in [-0.3, -0.25) is 0 Å². The molecule has 4 aromatic carbocycles. The molecule has 0 radical (unpaired) electrons. The number of aromatic nitrogens is 4. The number of aromatic carboxylic acids is 1. The number of ether oxygens (including phenoxy) is 1. The standard InChI is InChI=1S/C36H34ClN5O5S/c1-2-48(45,46)41(40-23-21-38-39-40)22-19-34-31(20-24-47-30-16-13-28(14-17-30)36(43)44)32-25-29(37)15-18-33(32)42(34)35(26-9-5-3-6-10-26)27-11-7-4-8-12-27/h3-18,21,23,25,35H,2,19-20,22,24H2,1H3,(H,43,44). The summed E-state index contributed by atoms with van der Waals surface area (Å²) in [5.41, 5.74) is 5.14. The minimum atomic E-state index is -3.71. The Hall–Kier alpha value is -5.13. The van der Waals surface area contributed by atoms with Crippen molar-refractivity contribution in [2.45, 2.75) is 25.8 Å². The highest BCUT2D eigenvalue weighted by Gasteiger charge is 2.28. The van der Waals surface area contributed by atoms with Crippen molar-refractivity contribution in [3.8, 4) is 5.75 Å². The van der Waals surface area contributed by atoms with Crippen LogP contribution in [-0.2, 0) is 22.9 Å². The fraction of sp³-hybridized carbons (Fsp3) is 0.194. The minimum absolute atomic E-state index is 0.102.